The van der Waals surface area contributed by atoms with Crippen molar-refractivity contribution in [1.29, 1.82) is 0 Å². The highest BCUT2D eigenvalue weighted by molar-refractivity contribution is 5.76. The lowest BCUT2D eigenvalue weighted by Crippen LogP contribution is -2.45. The minimum absolute atomic E-state index is 0.00611. The zero-order chi connectivity index (χ0) is 53.6. The highest BCUT2D eigenvalue weighted by atomic mass is 16.5. The van der Waals surface area contributed by atoms with Crippen molar-refractivity contribution in [2.24, 2.45) is 0 Å². The third-order valence-corrected chi connectivity index (χ3v) is 15.4. The van der Waals surface area contributed by atoms with Crippen molar-refractivity contribution in [2.45, 2.75) is 373 Å². The average Bonchev–Trinajstić information content (AvgIpc) is 3.40. The largest absolute Gasteiger partial charge is 0.466 e. The molecule has 0 aromatic rings. The molecule has 0 saturated heterocycles. The summed E-state index contributed by atoms with van der Waals surface area (Å²) in [5, 5.41) is 23.2. The molecular formula is C68H129NO5. The molecule has 0 aliphatic carbocycles. The predicted octanol–water partition coefficient (Wildman–Crippen LogP) is 21.1. The van der Waals surface area contributed by atoms with E-state index in [4.69, 9.17) is 4.74 Å². The lowest BCUT2D eigenvalue weighted by Gasteiger charge is -2.20. The van der Waals surface area contributed by atoms with Crippen LogP contribution in [-0.2, 0) is 14.3 Å². The zero-order valence-corrected chi connectivity index (χ0v) is 49.8. The highest BCUT2D eigenvalue weighted by Gasteiger charge is 2.18. The van der Waals surface area contributed by atoms with Crippen LogP contribution in [0.2, 0.25) is 0 Å². The van der Waals surface area contributed by atoms with E-state index in [9.17, 15) is 19.8 Å². The Bertz CT molecular complexity index is 1200. The number of allylic oxidation sites excluding steroid dienone is 5. The first-order valence-electron chi connectivity index (χ1n) is 33.3. The Morgan fingerprint density at radius 2 is 0.635 bits per heavy atom. The van der Waals surface area contributed by atoms with Crippen molar-refractivity contribution in [3.63, 3.8) is 0 Å². The molecule has 0 aliphatic heterocycles. The number of nitrogens with one attached hydrogen (secondary N) is 1. The summed E-state index contributed by atoms with van der Waals surface area (Å²) in [5.74, 6) is -0.0590. The maximum absolute atomic E-state index is 12.5. The van der Waals surface area contributed by atoms with E-state index in [1.807, 2.05) is 6.08 Å². The summed E-state index contributed by atoms with van der Waals surface area (Å²) in [6.07, 6.45) is 80.7. The third kappa shape index (κ3) is 59.3. The summed E-state index contributed by atoms with van der Waals surface area (Å²) >= 11 is 0. The Morgan fingerprint density at radius 1 is 0.365 bits per heavy atom. The zero-order valence-electron chi connectivity index (χ0n) is 49.8. The van der Waals surface area contributed by atoms with E-state index in [-0.39, 0.29) is 18.5 Å². The molecule has 74 heavy (non-hydrogen) atoms. The van der Waals surface area contributed by atoms with Gasteiger partial charge < -0.3 is 20.3 Å². The van der Waals surface area contributed by atoms with Crippen molar-refractivity contribution in [1.82, 2.24) is 5.32 Å². The lowest BCUT2D eigenvalue weighted by atomic mass is 10.0. The van der Waals surface area contributed by atoms with Crippen LogP contribution in [0, 0.1) is 0 Å². The van der Waals surface area contributed by atoms with Crippen molar-refractivity contribution < 1.29 is 24.5 Å². The van der Waals surface area contributed by atoms with Crippen molar-refractivity contribution in [2.75, 3.05) is 13.2 Å². The minimum Gasteiger partial charge on any atom is -0.466 e. The second-order valence-electron chi connectivity index (χ2n) is 22.8. The first-order chi connectivity index (χ1) is 36.5. The molecule has 2 unspecified atom stereocenters. The second kappa shape index (κ2) is 63.6. The molecule has 0 bridgehead atoms. The number of carbonyl (C=O) groups excluding carboxylic acids is 2. The number of carbonyl (C=O) groups is 2. The Balaban J connectivity index is 3.39. The van der Waals surface area contributed by atoms with Gasteiger partial charge in [0.2, 0.25) is 5.91 Å². The van der Waals surface area contributed by atoms with Gasteiger partial charge in [0.25, 0.3) is 0 Å². The van der Waals surface area contributed by atoms with Crippen molar-refractivity contribution in [3.05, 3.63) is 36.5 Å². The van der Waals surface area contributed by atoms with Gasteiger partial charge in [-0.15, -0.1) is 0 Å². The average molecular weight is 1040 g/mol. The molecule has 1 amide bonds. The van der Waals surface area contributed by atoms with Crippen LogP contribution in [0.25, 0.3) is 0 Å². The lowest BCUT2D eigenvalue weighted by molar-refractivity contribution is -0.143. The van der Waals surface area contributed by atoms with Gasteiger partial charge in [-0.2, -0.15) is 0 Å². The van der Waals surface area contributed by atoms with E-state index >= 15 is 0 Å². The van der Waals surface area contributed by atoms with Crippen molar-refractivity contribution >= 4 is 11.9 Å². The Labute approximate surface area is 462 Å². The van der Waals surface area contributed by atoms with E-state index < -0.39 is 12.1 Å². The van der Waals surface area contributed by atoms with E-state index in [1.165, 1.54) is 289 Å². The van der Waals surface area contributed by atoms with Gasteiger partial charge in [-0.05, 0) is 83.5 Å². The molecule has 3 N–H and O–H groups in total. The van der Waals surface area contributed by atoms with Crippen molar-refractivity contribution in [3.8, 4) is 0 Å². The summed E-state index contributed by atoms with van der Waals surface area (Å²) in [6, 6.07) is -0.627. The first kappa shape index (κ1) is 72.1. The fraction of sp³-hybridized carbons (Fsp3) is 0.882. The molecule has 0 heterocycles. The van der Waals surface area contributed by atoms with Crippen LogP contribution in [0.4, 0.5) is 0 Å². The molecule has 0 fully saturated rings. The molecule has 0 aliphatic rings. The van der Waals surface area contributed by atoms with Crippen LogP contribution in [-0.4, -0.2) is 47.4 Å². The van der Waals surface area contributed by atoms with Crippen LogP contribution in [0.3, 0.4) is 0 Å². The Morgan fingerprint density at radius 3 is 0.986 bits per heavy atom. The quantitative estimate of drug-likeness (QED) is 0.0320. The SMILES string of the molecule is CCCCC/C=C\CCCCCCCC(=O)OCCCCCCCCCCCCCC/C=C\CCCCCCCCCCCCCCCC(=O)NC(CO)C(O)/C=C/CCCCCCCCCCCCCCCC. The van der Waals surface area contributed by atoms with Gasteiger partial charge in [0.05, 0.1) is 25.4 Å². The molecule has 6 nitrogen and oxygen atoms in total. The van der Waals surface area contributed by atoms with E-state index in [1.54, 1.807) is 6.08 Å². The number of hydrogen-bond acceptors (Lipinski definition) is 5. The van der Waals surface area contributed by atoms with Gasteiger partial charge in [0.15, 0.2) is 0 Å². The number of ether oxygens (including phenoxy) is 1. The number of rotatable bonds is 62. The van der Waals surface area contributed by atoms with Gasteiger partial charge in [-0.1, -0.05) is 301 Å². The number of aliphatic hydroxyl groups excluding tert-OH is 2. The molecule has 0 saturated carbocycles. The number of amides is 1. The maximum Gasteiger partial charge on any atom is 0.305 e. The van der Waals surface area contributed by atoms with Crippen LogP contribution in [0.5, 0.6) is 0 Å². The second-order valence-corrected chi connectivity index (χ2v) is 22.8. The van der Waals surface area contributed by atoms with Gasteiger partial charge in [0, 0.05) is 12.8 Å². The van der Waals surface area contributed by atoms with Crippen LogP contribution in [0.15, 0.2) is 36.5 Å². The molecule has 0 spiro atoms. The van der Waals surface area contributed by atoms with Gasteiger partial charge >= 0.3 is 5.97 Å². The number of aliphatic hydroxyl groups is 2. The molecule has 0 rings (SSSR count). The van der Waals surface area contributed by atoms with Crippen LogP contribution in [0.1, 0.15) is 361 Å². The van der Waals surface area contributed by atoms with Gasteiger partial charge in [-0.3, -0.25) is 9.59 Å². The summed E-state index contributed by atoms with van der Waals surface area (Å²) < 4.78 is 5.47. The van der Waals surface area contributed by atoms with Crippen LogP contribution < -0.4 is 5.32 Å². The monoisotopic (exact) mass is 1040 g/mol. The van der Waals surface area contributed by atoms with Gasteiger partial charge in [0.1, 0.15) is 0 Å². The summed E-state index contributed by atoms with van der Waals surface area (Å²) in [6.45, 7) is 4.90. The number of unbranched alkanes of at least 4 members (excludes halogenated alkanes) is 47. The molecule has 0 aromatic carbocycles. The van der Waals surface area contributed by atoms with E-state index in [0.29, 0.717) is 19.4 Å². The topological polar surface area (TPSA) is 95.9 Å². The van der Waals surface area contributed by atoms with Gasteiger partial charge in [-0.25, -0.2) is 0 Å². The molecular weight excluding hydrogens is 911 g/mol. The molecule has 0 aromatic heterocycles. The maximum atomic E-state index is 12.5. The Hall–Kier alpha value is -1.92. The number of esters is 1. The smallest absolute Gasteiger partial charge is 0.305 e. The molecule has 6 heteroatoms. The Kier molecular flexibility index (Phi) is 62.0. The standard InChI is InChI=1S/C68H129NO5/c1-3-5-7-9-11-13-15-17-18-34-37-40-44-48-52-56-60-66(71)65(64-70)69-67(72)61-57-53-49-45-41-38-35-32-30-28-26-24-22-20-19-21-23-25-27-29-31-33-36-39-43-47-51-55-59-63-74-68(73)62-58-54-50-46-42-16-14-12-10-8-6-4-2/h12,14,19,21,56,60,65-66,70-71H,3-11,13,15-18,20,22-55,57-59,61-64H2,1-2H3,(H,69,72)/b14-12-,21-19-,60-56+. The number of hydrogen-bond donors (Lipinski definition) is 3. The fourth-order valence-corrected chi connectivity index (χ4v) is 10.3. The van der Waals surface area contributed by atoms with Crippen LogP contribution >= 0.6 is 0 Å². The van der Waals surface area contributed by atoms with E-state index in [0.717, 1.165) is 44.9 Å². The first-order valence-corrected chi connectivity index (χ1v) is 33.3. The van der Waals surface area contributed by atoms with E-state index in [2.05, 4.69) is 43.5 Å². The minimum atomic E-state index is -0.844. The summed E-state index contributed by atoms with van der Waals surface area (Å²) in [4.78, 5) is 24.5. The summed E-state index contributed by atoms with van der Waals surface area (Å²) in [5.41, 5.74) is 0. The fourth-order valence-electron chi connectivity index (χ4n) is 10.3. The molecule has 2 atom stereocenters. The molecule has 0 radical (unpaired) electrons. The third-order valence-electron chi connectivity index (χ3n) is 15.4. The normalized spacial score (nSPS) is 12.8. The molecule has 436 valence electrons. The predicted molar refractivity (Wildman–Crippen MR) is 324 cm³/mol. The highest BCUT2D eigenvalue weighted by Crippen LogP contribution is 2.18. The summed E-state index contributed by atoms with van der Waals surface area (Å²) in [7, 11) is 0.